The number of methoxy groups -OCH3 is 1. The van der Waals surface area contributed by atoms with Gasteiger partial charge in [-0.25, -0.2) is 8.42 Å². The van der Waals surface area contributed by atoms with Crippen LogP contribution in [0.3, 0.4) is 0 Å². The minimum absolute atomic E-state index is 0.129. The number of nitrogens with zero attached hydrogens (tertiary/aromatic N) is 2. The highest BCUT2D eigenvalue weighted by Crippen LogP contribution is 2.32. The number of non-ortho nitro benzene ring substituents is 1. The van der Waals surface area contributed by atoms with Crippen LogP contribution in [-0.2, 0) is 19.4 Å². The van der Waals surface area contributed by atoms with Crippen LogP contribution in [0.1, 0.15) is 0 Å². The van der Waals surface area contributed by atoms with Crippen molar-refractivity contribution in [2.45, 2.75) is 9.79 Å². The molecule has 11 nitrogen and oxygen atoms in total. The summed E-state index contributed by atoms with van der Waals surface area (Å²) in [7, 11) is -3.07. The molecule has 2 aromatic rings. The number of carbonyl (C=O) groups is 1. The molecule has 0 spiro atoms. The Kier molecular flexibility index (Phi) is 5.70. The average Bonchev–Trinajstić information content (AvgIpc) is 2.65. The van der Waals surface area contributed by atoms with E-state index in [9.17, 15) is 33.4 Å². The lowest BCUT2D eigenvalue weighted by molar-refractivity contribution is -0.396. The second-order valence-corrected chi connectivity index (χ2v) is 7.04. The Morgan fingerprint density at radius 3 is 2.22 bits per heavy atom. The molecule has 0 unspecified atom stereocenters. The van der Waals surface area contributed by atoms with Crippen LogP contribution in [0.5, 0.6) is 0 Å². The third-order valence-corrected chi connectivity index (χ3v) is 5.29. The molecule has 0 saturated carbocycles. The highest BCUT2D eigenvalue weighted by Gasteiger charge is 2.29. The Bertz CT molecular complexity index is 1000. The van der Waals surface area contributed by atoms with Gasteiger partial charge in [0.25, 0.3) is 11.4 Å². The number of ether oxygens (including phenoxy) is 1. The van der Waals surface area contributed by atoms with Gasteiger partial charge in [-0.05, 0) is 30.3 Å². The minimum Gasteiger partial charge on any atom is -0.468 e. The predicted octanol–water partition coefficient (Wildman–Crippen LogP) is 1.92. The average molecular weight is 395 g/mol. The van der Waals surface area contributed by atoms with E-state index in [4.69, 9.17) is 0 Å². The van der Waals surface area contributed by atoms with Gasteiger partial charge in [-0.2, -0.15) is 0 Å². The minimum atomic E-state index is -4.29. The van der Waals surface area contributed by atoms with E-state index in [0.717, 1.165) is 12.1 Å². The van der Waals surface area contributed by atoms with Gasteiger partial charge >= 0.3 is 5.97 Å². The van der Waals surface area contributed by atoms with Crippen LogP contribution in [0.2, 0.25) is 0 Å². The standard InChI is InChI=1S/C15H13N3O8S/c1-26-15(19)9-16-10-2-5-12(6-3-10)27(24,25)14-7-4-11(17(20)21)8-13(14)18(22)23/h2-8,16H,9H2,1H3. The van der Waals surface area contributed by atoms with Gasteiger partial charge in [0.15, 0.2) is 0 Å². The maximum absolute atomic E-state index is 12.7. The molecule has 2 aromatic carbocycles. The summed E-state index contributed by atoms with van der Waals surface area (Å²) in [4.78, 5) is 30.3. The molecular weight excluding hydrogens is 382 g/mol. The lowest BCUT2D eigenvalue weighted by Gasteiger charge is -2.08. The number of carbonyl (C=O) groups excluding carboxylic acids is 1. The van der Waals surface area contributed by atoms with E-state index < -0.39 is 41.9 Å². The summed E-state index contributed by atoms with van der Waals surface area (Å²) in [6.07, 6.45) is 0. The number of sulfone groups is 1. The highest BCUT2D eigenvalue weighted by atomic mass is 32.2. The summed E-state index contributed by atoms with van der Waals surface area (Å²) in [5.41, 5.74) is -1.06. The molecule has 0 aliphatic rings. The maximum Gasteiger partial charge on any atom is 0.325 e. The third kappa shape index (κ3) is 4.36. The van der Waals surface area contributed by atoms with E-state index in [2.05, 4.69) is 10.1 Å². The number of hydrogen-bond donors (Lipinski definition) is 1. The number of anilines is 1. The fourth-order valence-electron chi connectivity index (χ4n) is 2.11. The fourth-order valence-corrected chi connectivity index (χ4v) is 3.52. The monoisotopic (exact) mass is 395 g/mol. The van der Waals surface area contributed by atoms with Gasteiger partial charge in [0, 0.05) is 11.8 Å². The van der Waals surface area contributed by atoms with Crippen LogP contribution < -0.4 is 5.32 Å². The molecule has 0 amide bonds. The first-order valence-corrected chi connectivity index (χ1v) is 8.74. The van der Waals surface area contributed by atoms with Crippen molar-refractivity contribution in [1.82, 2.24) is 0 Å². The van der Waals surface area contributed by atoms with E-state index in [-0.39, 0.29) is 11.4 Å². The summed E-state index contributed by atoms with van der Waals surface area (Å²) in [6.45, 7) is -0.129. The normalized spacial score (nSPS) is 10.9. The Morgan fingerprint density at radius 2 is 1.70 bits per heavy atom. The summed E-state index contributed by atoms with van der Waals surface area (Å²) in [5, 5.41) is 24.7. The Labute approximate surface area is 152 Å². The number of benzene rings is 2. The van der Waals surface area contributed by atoms with Crippen molar-refractivity contribution < 1.29 is 27.8 Å². The van der Waals surface area contributed by atoms with Gasteiger partial charge in [-0.3, -0.25) is 25.0 Å². The van der Waals surface area contributed by atoms with Crippen molar-refractivity contribution in [3.8, 4) is 0 Å². The predicted molar refractivity (Wildman–Crippen MR) is 92.2 cm³/mol. The molecule has 0 aliphatic carbocycles. The zero-order valence-electron chi connectivity index (χ0n) is 13.8. The van der Waals surface area contributed by atoms with Crippen molar-refractivity contribution in [3.63, 3.8) is 0 Å². The lowest BCUT2D eigenvalue weighted by atomic mass is 10.3. The van der Waals surface area contributed by atoms with Crippen molar-refractivity contribution in [3.05, 3.63) is 62.7 Å². The summed E-state index contributed by atoms with van der Waals surface area (Å²) in [6, 6.07) is 7.43. The molecule has 1 N–H and O–H groups in total. The molecule has 0 bridgehead atoms. The number of nitro groups is 2. The van der Waals surface area contributed by atoms with E-state index >= 15 is 0 Å². The molecule has 0 fully saturated rings. The van der Waals surface area contributed by atoms with Gasteiger partial charge in [-0.15, -0.1) is 0 Å². The topological polar surface area (TPSA) is 159 Å². The zero-order chi connectivity index (χ0) is 20.2. The van der Waals surface area contributed by atoms with E-state index in [1.54, 1.807) is 0 Å². The number of rotatable bonds is 7. The van der Waals surface area contributed by atoms with Crippen LogP contribution >= 0.6 is 0 Å². The largest absolute Gasteiger partial charge is 0.468 e. The van der Waals surface area contributed by atoms with Crippen LogP contribution in [0.15, 0.2) is 52.3 Å². The number of nitro benzene ring substituents is 2. The van der Waals surface area contributed by atoms with Crippen molar-refractivity contribution in [2.24, 2.45) is 0 Å². The first kappa shape index (κ1) is 19.8. The number of esters is 1. The van der Waals surface area contributed by atoms with Crippen molar-refractivity contribution in [2.75, 3.05) is 19.0 Å². The van der Waals surface area contributed by atoms with Crippen molar-refractivity contribution in [1.29, 1.82) is 0 Å². The molecule has 0 radical (unpaired) electrons. The summed E-state index contributed by atoms with van der Waals surface area (Å²) < 4.78 is 29.9. The van der Waals surface area contributed by atoms with Gasteiger partial charge in [0.05, 0.1) is 27.9 Å². The Morgan fingerprint density at radius 1 is 1.07 bits per heavy atom. The SMILES string of the molecule is COC(=O)CNc1ccc(S(=O)(=O)c2ccc([N+](=O)[O-])cc2[N+](=O)[O-])cc1. The van der Waals surface area contributed by atoms with Crippen molar-refractivity contribution >= 4 is 32.9 Å². The summed E-state index contributed by atoms with van der Waals surface area (Å²) in [5.74, 6) is -0.520. The Hall–Kier alpha value is -3.54. The first-order chi connectivity index (χ1) is 12.7. The molecule has 2 rings (SSSR count). The fraction of sp³-hybridized carbons (Fsp3) is 0.133. The van der Waals surface area contributed by atoms with Gasteiger partial charge in [0.2, 0.25) is 9.84 Å². The molecule has 142 valence electrons. The molecule has 0 saturated heterocycles. The Balaban J connectivity index is 2.39. The maximum atomic E-state index is 12.7. The number of hydrogen-bond acceptors (Lipinski definition) is 9. The molecule has 27 heavy (non-hydrogen) atoms. The molecule has 12 heteroatoms. The van der Waals surface area contributed by atoms with Gasteiger partial charge in [-0.1, -0.05) is 0 Å². The van der Waals surface area contributed by atoms with Crippen LogP contribution in [0.4, 0.5) is 17.1 Å². The second-order valence-electron chi connectivity index (χ2n) is 5.12. The summed E-state index contributed by atoms with van der Waals surface area (Å²) >= 11 is 0. The molecule has 0 aromatic heterocycles. The van der Waals surface area contributed by atoms with Gasteiger partial charge in [0.1, 0.15) is 11.4 Å². The third-order valence-electron chi connectivity index (χ3n) is 3.47. The van der Waals surface area contributed by atoms with Crippen LogP contribution in [0.25, 0.3) is 0 Å². The van der Waals surface area contributed by atoms with Crippen LogP contribution in [-0.4, -0.2) is 37.9 Å². The molecule has 0 heterocycles. The number of nitrogens with one attached hydrogen (secondary N) is 1. The van der Waals surface area contributed by atoms with Crippen LogP contribution in [0, 0.1) is 20.2 Å². The quantitative estimate of drug-likeness (QED) is 0.420. The van der Waals surface area contributed by atoms with E-state index in [1.807, 2.05) is 0 Å². The van der Waals surface area contributed by atoms with Gasteiger partial charge < -0.3 is 10.1 Å². The lowest BCUT2D eigenvalue weighted by Crippen LogP contribution is -2.15. The molecule has 0 atom stereocenters. The molecular formula is C15H13N3O8S. The first-order valence-electron chi connectivity index (χ1n) is 7.25. The van der Waals surface area contributed by atoms with E-state index in [1.165, 1.54) is 31.4 Å². The molecule has 0 aliphatic heterocycles. The van der Waals surface area contributed by atoms with E-state index in [0.29, 0.717) is 11.8 Å². The second kappa shape index (κ2) is 7.78. The smallest absolute Gasteiger partial charge is 0.325 e. The highest BCUT2D eigenvalue weighted by molar-refractivity contribution is 7.91. The zero-order valence-corrected chi connectivity index (χ0v) is 14.6.